The van der Waals surface area contributed by atoms with E-state index in [1.807, 2.05) is 174 Å². The molecule has 30 heteroatoms. The lowest BCUT2D eigenvalue weighted by Crippen LogP contribution is -2.48. The smallest absolute Gasteiger partial charge is 0.337 e. The Hall–Kier alpha value is -13.2. The molecule has 2 saturated heterocycles. The second-order valence-corrected chi connectivity index (χ2v) is 27.7. The van der Waals surface area contributed by atoms with E-state index in [4.69, 9.17) is 29.7 Å². The number of fused-ring (bicyclic) bond motifs is 3. The molecule has 1 aromatic heterocycles. The third kappa shape index (κ3) is 28.5. The number of nitrogen functional groups attached to an aromatic ring is 1. The van der Waals surface area contributed by atoms with Crippen molar-refractivity contribution in [1.29, 1.82) is 0 Å². The van der Waals surface area contributed by atoms with Crippen LogP contribution in [0.3, 0.4) is 0 Å². The molecule has 30 nitrogen and oxygen atoms in total. The van der Waals surface area contributed by atoms with E-state index < -0.39 is 41.7 Å². The van der Waals surface area contributed by atoms with Gasteiger partial charge in [0.1, 0.15) is 11.5 Å². The van der Waals surface area contributed by atoms with Crippen LogP contribution in [0.15, 0.2) is 199 Å². The lowest BCUT2D eigenvalue weighted by atomic mass is 10.00. The molecule has 0 radical (unpaired) electrons. The largest absolute Gasteiger partial charge is 0.494 e. The molecule has 4 aliphatic rings. The summed E-state index contributed by atoms with van der Waals surface area (Å²) in [5.74, 6) is -2.02. The van der Waals surface area contributed by atoms with Gasteiger partial charge in [0.25, 0.3) is 5.91 Å². The fourth-order valence-electron chi connectivity index (χ4n) is 12.6. The van der Waals surface area contributed by atoms with Crippen molar-refractivity contribution in [3.05, 3.63) is 239 Å². The maximum absolute atomic E-state index is 13.1. The van der Waals surface area contributed by atoms with E-state index in [2.05, 4.69) is 63.2 Å². The minimum atomic E-state index is -0.562. The zero-order valence-corrected chi connectivity index (χ0v) is 71.5. The molecule has 5 amide bonds. The Morgan fingerprint density at radius 3 is 1.46 bits per heavy atom. The summed E-state index contributed by atoms with van der Waals surface area (Å²) in [7, 11) is 11.7. The van der Waals surface area contributed by atoms with Gasteiger partial charge in [-0.3, -0.25) is 43.4 Å². The first-order valence-corrected chi connectivity index (χ1v) is 39.6. The van der Waals surface area contributed by atoms with Gasteiger partial charge in [-0.05, 0) is 144 Å². The maximum Gasteiger partial charge on any atom is 0.337 e. The predicted octanol–water partition coefficient (Wildman–Crippen LogP) is 11.9. The number of para-hydroxylation sites is 1. The quantitative estimate of drug-likeness (QED) is 0.00526. The average Bonchev–Trinajstić information content (AvgIpc) is 1.60. The second kappa shape index (κ2) is 48.7. The van der Waals surface area contributed by atoms with Gasteiger partial charge >= 0.3 is 29.8 Å². The third-order valence-electron chi connectivity index (χ3n) is 18.9. The van der Waals surface area contributed by atoms with Crippen molar-refractivity contribution >= 4 is 121 Å². The second-order valence-electron chi connectivity index (χ2n) is 27.7. The number of rotatable bonds is 20. The van der Waals surface area contributed by atoms with E-state index in [-0.39, 0.29) is 29.2 Å². The zero-order valence-electron chi connectivity index (χ0n) is 71.5. The van der Waals surface area contributed by atoms with Gasteiger partial charge in [0.2, 0.25) is 23.6 Å². The summed E-state index contributed by atoms with van der Waals surface area (Å²) in [5.41, 5.74) is 15.8. The number of aromatic nitrogens is 1. The summed E-state index contributed by atoms with van der Waals surface area (Å²) in [4.78, 5) is 146. The van der Waals surface area contributed by atoms with Crippen molar-refractivity contribution in [1.82, 2.24) is 24.6 Å². The van der Waals surface area contributed by atoms with Crippen LogP contribution in [0.1, 0.15) is 107 Å². The molecule has 0 saturated carbocycles. The van der Waals surface area contributed by atoms with Crippen LogP contribution < -0.4 is 30.5 Å². The number of imide groups is 1. The number of ether oxygens (including phenoxy) is 6. The lowest BCUT2D eigenvalue weighted by Gasteiger charge is -2.32. The Morgan fingerprint density at radius 1 is 0.525 bits per heavy atom. The van der Waals surface area contributed by atoms with Crippen molar-refractivity contribution in [2.45, 2.75) is 54.9 Å². The highest BCUT2D eigenvalue weighted by Gasteiger charge is 2.39. The number of hydrogen-bond acceptors (Lipinski definition) is 25. The first-order chi connectivity index (χ1) is 58.6. The summed E-state index contributed by atoms with van der Waals surface area (Å²) in [6.45, 7) is 22.1. The van der Waals surface area contributed by atoms with Gasteiger partial charge in [0, 0.05) is 138 Å². The van der Waals surface area contributed by atoms with E-state index >= 15 is 0 Å². The molecule has 122 heavy (non-hydrogen) atoms. The van der Waals surface area contributed by atoms with Crippen molar-refractivity contribution in [2.24, 2.45) is 4.99 Å². The zero-order chi connectivity index (χ0) is 89.0. The number of aromatic amines is 1. The van der Waals surface area contributed by atoms with Gasteiger partial charge in [-0.2, -0.15) is 0 Å². The number of nitrogens with two attached hydrogens (primary N) is 1. The van der Waals surface area contributed by atoms with Crippen LogP contribution in [0.2, 0.25) is 0 Å². The number of benzene rings is 8. The number of anilines is 5. The van der Waals surface area contributed by atoms with Gasteiger partial charge in [-0.25, -0.2) is 34.1 Å². The predicted molar refractivity (Wildman–Crippen MR) is 469 cm³/mol. The fourth-order valence-corrected chi connectivity index (χ4v) is 12.6. The summed E-state index contributed by atoms with van der Waals surface area (Å²) >= 11 is 0. The van der Waals surface area contributed by atoms with Crippen molar-refractivity contribution in [2.75, 3.05) is 167 Å². The topological polar surface area (TPSA) is 354 Å². The summed E-state index contributed by atoms with van der Waals surface area (Å²) in [6, 6.07) is 58.3. The molecule has 0 atom stereocenters. The lowest BCUT2D eigenvalue weighted by molar-refractivity contribution is -0.287. The standard InChI is InChI=1S/C31H33N5O4.C21H19NO5.C14H22N4O.C10H9NO3.C8H10O.C4H6O3.C4H10O2/c1-34-15-17-36(18-16-34)20-27(37)35(2)24-12-10-23(11-13-24)32-29(21-7-5-4-6-8-21)28-25-14-9-22(31(39)40-3)19-26(25)33-30(28)38;1-4-27-19(14-8-6-5-7-9-14)18-16-11-10-15(21(25)26-3)12-17(16)22(13(2)23)20(18)24;1-16-7-9-18(10-8-16)11-14(19)17(2)13-5-3-12(15)4-6-13;1-14-10(13)7-3-2-6-5-9(12)11-8(6)4-7;1-2-9-8-6-4-3-5-7-8;1-3(5)7-4(2)6;1-3-5-6-4-2/h4-14,19,33,38H,15-18,20H2,1-3H3;5-12H,4H2,1-3H3;3-6H,7-11,15H2,1-2H3;2-4H,5H2,1H3,(H,11,12);3-7H,2H2,1H3;1-2H3;3-4H2,1-2H3/b;19-18+;;;;;. The highest BCUT2D eigenvalue weighted by molar-refractivity contribution is 6.43. The molecule has 0 bridgehead atoms. The number of esters is 5. The van der Waals surface area contributed by atoms with E-state index in [9.17, 15) is 53.1 Å². The van der Waals surface area contributed by atoms with Crippen LogP contribution in [-0.4, -0.2) is 236 Å². The molecule has 646 valence electrons. The molecule has 5 heterocycles. The van der Waals surface area contributed by atoms with Crippen molar-refractivity contribution < 1.29 is 91.2 Å². The number of likely N-dealkylation sites (N-methyl/N-ethyl adjacent to an activating group) is 4. The maximum atomic E-state index is 13.1. The summed E-state index contributed by atoms with van der Waals surface area (Å²) in [5, 5.41) is 14.3. The molecular formula is C92H109N11O19. The molecule has 9 aromatic rings. The Morgan fingerprint density at radius 2 is 0.992 bits per heavy atom. The number of amides is 5. The highest BCUT2D eigenvalue weighted by Crippen LogP contribution is 2.42. The number of aromatic hydroxyl groups is 1. The first-order valence-electron chi connectivity index (χ1n) is 39.6. The molecule has 2 fully saturated rings. The Balaban J connectivity index is 0.000000216. The van der Waals surface area contributed by atoms with E-state index in [0.717, 1.165) is 103 Å². The molecular weight excluding hydrogens is 1560 g/mol. The van der Waals surface area contributed by atoms with Crippen LogP contribution in [0.5, 0.6) is 11.6 Å². The Kier molecular flexibility index (Phi) is 38.3. The van der Waals surface area contributed by atoms with E-state index in [1.54, 1.807) is 65.4 Å². The molecule has 13 rings (SSSR count). The SMILES string of the molecule is CC(=O)OC(C)=O.CCO/C(=C1/C(=O)N(C(C)=O)c2cc(C(=O)OC)ccc21)c1ccccc1.CCOOCC.CCOc1ccccc1.CN1CCN(CC(=O)N(C)c2ccc(N)cc2)CC1.COC(=O)c1ccc2c(C(=Nc3ccc(N(C)C(=O)CN4CCN(C)CC4)cc3)c3ccccc3)c(O)[nH]c2c1.COC(=O)c1ccc2c(c1)NC(=O)C2. The molecule has 5 N–H and O–H groups in total. The number of aliphatic imine (C=N–C) groups is 1. The van der Waals surface area contributed by atoms with Gasteiger partial charge in [-0.15, -0.1) is 0 Å². The number of H-pyrrole nitrogens is 1. The normalized spacial score (nSPS) is 13.9. The van der Waals surface area contributed by atoms with Crippen LogP contribution in [0.25, 0.3) is 22.2 Å². The molecule has 8 aromatic carbocycles. The van der Waals surface area contributed by atoms with Gasteiger partial charge in [-0.1, -0.05) is 97.1 Å². The summed E-state index contributed by atoms with van der Waals surface area (Å²) in [6.07, 6.45) is 0.386. The number of nitrogens with one attached hydrogen (secondary N) is 2. The number of hydrogen-bond donors (Lipinski definition) is 4. The van der Waals surface area contributed by atoms with Crippen molar-refractivity contribution in [3.63, 3.8) is 0 Å². The molecule has 4 aliphatic heterocycles. The van der Waals surface area contributed by atoms with Crippen LogP contribution in [0.4, 0.5) is 34.1 Å². The number of carbonyl (C=O) groups excluding carboxylic acids is 10. The number of carbonyl (C=O) groups is 10. The minimum Gasteiger partial charge on any atom is -0.494 e. The fraction of sp³-hybridized carbons (Fsp3) is 0.315. The van der Waals surface area contributed by atoms with Gasteiger partial charge in [0.15, 0.2) is 5.88 Å². The van der Waals surface area contributed by atoms with Crippen LogP contribution >= 0.6 is 0 Å². The van der Waals surface area contributed by atoms with Crippen LogP contribution in [-0.2, 0) is 73.4 Å². The van der Waals surface area contributed by atoms with Gasteiger partial charge < -0.3 is 69.2 Å². The monoisotopic (exact) mass is 1670 g/mol. The highest BCUT2D eigenvalue weighted by atomic mass is 17.2. The minimum absolute atomic E-state index is 0.0398. The average molecular weight is 1670 g/mol. The summed E-state index contributed by atoms with van der Waals surface area (Å²) < 4.78 is 29.1. The van der Waals surface area contributed by atoms with Gasteiger partial charge in [0.05, 0.1) is 112 Å². The Bertz CT molecular complexity index is 5050. The van der Waals surface area contributed by atoms with E-state index in [1.165, 1.54) is 48.2 Å². The van der Waals surface area contributed by atoms with Crippen molar-refractivity contribution in [3.8, 4) is 11.6 Å². The molecule has 0 aliphatic carbocycles. The third-order valence-corrected chi connectivity index (χ3v) is 18.9. The molecule has 0 spiro atoms. The van der Waals surface area contributed by atoms with E-state index in [0.29, 0.717) is 107 Å². The Labute approximate surface area is 711 Å². The first kappa shape index (κ1) is 95.9. The molecule has 0 unspecified atom stereocenters. The van der Waals surface area contributed by atoms with Crippen LogP contribution in [0, 0.1) is 0 Å². The number of piperazine rings is 2. The number of nitrogens with zero attached hydrogens (tertiary/aromatic N) is 8. The number of methoxy groups -OCH3 is 3.